The van der Waals surface area contributed by atoms with Crippen molar-refractivity contribution < 1.29 is 0 Å². The molecule has 0 saturated heterocycles. The molecular formula is C18H31BrN2OS. The molecule has 5 heteroatoms. The van der Waals surface area contributed by atoms with E-state index in [1.54, 1.807) is 18.0 Å². The molecule has 0 bridgehead atoms. The third-order valence-electron chi connectivity index (χ3n) is 3.98. The van der Waals surface area contributed by atoms with Gasteiger partial charge in [-0.15, -0.1) is 11.8 Å². The molecular weight excluding hydrogens is 372 g/mol. The van der Waals surface area contributed by atoms with Gasteiger partial charge in [-0.05, 0) is 28.1 Å². The van der Waals surface area contributed by atoms with Crippen LogP contribution in [0.5, 0.6) is 0 Å². The minimum Gasteiger partial charge on any atom is -0.299 e. The van der Waals surface area contributed by atoms with Gasteiger partial charge in [0.2, 0.25) is 0 Å². The molecule has 23 heavy (non-hydrogen) atoms. The Morgan fingerprint density at radius 1 is 0.957 bits per heavy atom. The quantitative estimate of drug-likeness (QED) is 0.224. The predicted molar refractivity (Wildman–Crippen MR) is 104 cm³/mol. The summed E-state index contributed by atoms with van der Waals surface area (Å²) in [5.74, 6) is 1.05. The first kappa shape index (κ1) is 20.8. The smallest absolute Gasteiger partial charge is 0.299 e. The number of nitrogens with one attached hydrogen (secondary N) is 1. The topological polar surface area (TPSA) is 45.8 Å². The lowest BCUT2D eigenvalue weighted by Crippen LogP contribution is -2.10. The van der Waals surface area contributed by atoms with Crippen LogP contribution < -0.4 is 5.69 Å². The molecule has 1 aromatic rings. The van der Waals surface area contributed by atoms with Gasteiger partial charge in [0.05, 0.1) is 9.50 Å². The van der Waals surface area contributed by atoms with Crippen LogP contribution in [0, 0.1) is 0 Å². The third-order valence-corrected chi connectivity index (χ3v) is 5.94. The van der Waals surface area contributed by atoms with Gasteiger partial charge in [0.25, 0.3) is 0 Å². The summed E-state index contributed by atoms with van der Waals surface area (Å²) in [4.78, 5) is 17.6. The molecule has 0 unspecified atom stereocenters. The van der Waals surface area contributed by atoms with Crippen LogP contribution in [-0.2, 0) is 0 Å². The van der Waals surface area contributed by atoms with Crippen molar-refractivity contribution in [3.05, 3.63) is 21.2 Å². The van der Waals surface area contributed by atoms with E-state index in [-0.39, 0.29) is 5.69 Å². The first-order valence-electron chi connectivity index (χ1n) is 9.11. The van der Waals surface area contributed by atoms with Gasteiger partial charge in [0.1, 0.15) is 0 Å². The van der Waals surface area contributed by atoms with Gasteiger partial charge in [-0.3, -0.25) is 4.98 Å². The second-order valence-corrected chi connectivity index (χ2v) is 8.06. The standard InChI is InChI=1S/C18H31BrN2OS/c1-2-3-4-5-6-7-8-9-10-11-12-13-14-23-17-16(19)15-20-18(22)21-17/h15H,2-14H2,1H3,(H,20,21,22). The van der Waals surface area contributed by atoms with Crippen LogP contribution in [0.2, 0.25) is 0 Å². The highest BCUT2D eigenvalue weighted by atomic mass is 79.9. The largest absolute Gasteiger partial charge is 0.345 e. The maximum Gasteiger partial charge on any atom is 0.345 e. The zero-order chi connectivity index (χ0) is 16.8. The van der Waals surface area contributed by atoms with Crippen LogP contribution >= 0.6 is 27.7 Å². The number of nitrogens with zero attached hydrogens (tertiary/aromatic N) is 1. The molecule has 0 amide bonds. The predicted octanol–water partition coefficient (Wildman–Crippen LogP) is 6.33. The number of halogens is 1. The van der Waals surface area contributed by atoms with Crippen molar-refractivity contribution in [2.45, 2.75) is 89.0 Å². The second-order valence-electron chi connectivity index (χ2n) is 6.10. The molecule has 1 heterocycles. The zero-order valence-corrected chi connectivity index (χ0v) is 16.8. The first-order valence-corrected chi connectivity index (χ1v) is 10.9. The third kappa shape index (κ3) is 11.0. The van der Waals surface area contributed by atoms with E-state index in [0.29, 0.717) is 0 Å². The van der Waals surface area contributed by atoms with E-state index < -0.39 is 0 Å². The summed E-state index contributed by atoms with van der Waals surface area (Å²) in [7, 11) is 0. The number of H-pyrrole nitrogens is 1. The zero-order valence-electron chi connectivity index (χ0n) is 14.4. The van der Waals surface area contributed by atoms with Crippen molar-refractivity contribution >= 4 is 27.7 Å². The Bertz CT molecular complexity index is 465. The SMILES string of the molecule is CCCCCCCCCCCCCCSc1[nH]c(=O)ncc1Br. The fraction of sp³-hybridized carbons (Fsp3) is 0.778. The van der Waals surface area contributed by atoms with Gasteiger partial charge in [-0.1, -0.05) is 77.6 Å². The van der Waals surface area contributed by atoms with Crippen molar-refractivity contribution in [1.29, 1.82) is 0 Å². The normalized spacial score (nSPS) is 11.0. The summed E-state index contributed by atoms with van der Waals surface area (Å²) in [6.45, 7) is 2.27. The van der Waals surface area contributed by atoms with Crippen molar-refractivity contribution in [1.82, 2.24) is 9.97 Å². The van der Waals surface area contributed by atoms with Crippen molar-refractivity contribution in [3.63, 3.8) is 0 Å². The maximum atomic E-state index is 11.2. The van der Waals surface area contributed by atoms with Gasteiger partial charge >= 0.3 is 5.69 Å². The fourth-order valence-corrected chi connectivity index (χ4v) is 4.03. The Morgan fingerprint density at radius 3 is 2.04 bits per heavy atom. The molecule has 0 atom stereocenters. The van der Waals surface area contributed by atoms with Gasteiger partial charge in [0, 0.05) is 6.20 Å². The highest BCUT2D eigenvalue weighted by Gasteiger charge is 2.02. The highest BCUT2D eigenvalue weighted by molar-refractivity contribution is 9.10. The average Bonchev–Trinajstić information content (AvgIpc) is 2.55. The Kier molecular flexibility index (Phi) is 12.7. The molecule has 0 spiro atoms. The Morgan fingerprint density at radius 2 is 1.48 bits per heavy atom. The monoisotopic (exact) mass is 402 g/mol. The van der Waals surface area contributed by atoms with E-state index in [1.165, 1.54) is 77.0 Å². The summed E-state index contributed by atoms with van der Waals surface area (Å²) >= 11 is 5.11. The van der Waals surface area contributed by atoms with Crippen LogP contribution in [0.3, 0.4) is 0 Å². The Hall–Kier alpha value is -0.290. The second kappa shape index (κ2) is 14.1. The van der Waals surface area contributed by atoms with Gasteiger partial charge < -0.3 is 0 Å². The Labute approximate surface area is 153 Å². The van der Waals surface area contributed by atoms with Crippen molar-refractivity contribution in [3.8, 4) is 0 Å². The lowest BCUT2D eigenvalue weighted by molar-refractivity contribution is 0.548. The highest BCUT2D eigenvalue weighted by Crippen LogP contribution is 2.24. The van der Waals surface area contributed by atoms with Gasteiger partial charge in [0.15, 0.2) is 0 Å². The van der Waals surface area contributed by atoms with E-state index in [1.807, 2.05) is 0 Å². The van der Waals surface area contributed by atoms with Crippen LogP contribution in [0.1, 0.15) is 84.0 Å². The van der Waals surface area contributed by atoms with Crippen LogP contribution in [-0.4, -0.2) is 15.7 Å². The average molecular weight is 403 g/mol. The van der Waals surface area contributed by atoms with Crippen molar-refractivity contribution in [2.24, 2.45) is 0 Å². The van der Waals surface area contributed by atoms with E-state index in [2.05, 4.69) is 32.8 Å². The maximum absolute atomic E-state index is 11.2. The van der Waals surface area contributed by atoms with Crippen LogP contribution in [0.4, 0.5) is 0 Å². The fourth-order valence-electron chi connectivity index (χ4n) is 2.59. The van der Waals surface area contributed by atoms with Gasteiger partial charge in [-0.2, -0.15) is 0 Å². The molecule has 0 aliphatic carbocycles. The lowest BCUT2D eigenvalue weighted by atomic mass is 10.1. The minimum absolute atomic E-state index is 0.273. The molecule has 1 N–H and O–H groups in total. The minimum atomic E-state index is -0.273. The number of hydrogen-bond acceptors (Lipinski definition) is 3. The number of unbranched alkanes of at least 4 members (excludes halogenated alkanes) is 11. The van der Waals surface area contributed by atoms with Gasteiger partial charge in [-0.25, -0.2) is 9.78 Å². The van der Waals surface area contributed by atoms with Crippen molar-refractivity contribution in [2.75, 3.05) is 5.75 Å². The summed E-state index contributed by atoms with van der Waals surface area (Å²) in [6.07, 6.45) is 18.0. The Balaban J connectivity index is 1.88. The van der Waals surface area contributed by atoms with E-state index >= 15 is 0 Å². The summed E-state index contributed by atoms with van der Waals surface area (Å²) in [5.41, 5.74) is -0.273. The number of rotatable bonds is 14. The molecule has 1 aromatic heterocycles. The van der Waals surface area contributed by atoms with Crippen LogP contribution in [0.15, 0.2) is 20.5 Å². The van der Waals surface area contributed by atoms with E-state index in [0.717, 1.165) is 15.3 Å². The molecule has 1 rings (SSSR count). The molecule has 0 radical (unpaired) electrons. The summed E-state index contributed by atoms with van der Waals surface area (Å²) in [6, 6.07) is 0. The van der Waals surface area contributed by atoms with Crippen LogP contribution in [0.25, 0.3) is 0 Å². The number of hydrogen-bond donors (Lipinski definition) is 1. The molecule has 0 aliphatic rings. The molecule has 0 aromatic carbocycles. The number of aromatic nitrogens is 2. The molecule has 0 fully saturated rings. The van der Waals surface area contributed by atoms with E-state index in [4.69, 9.17) is 0 Å². The lowest BCUT2D eigenvalue weighted by Gasteiger charge is -2.04. The molecule has 0 saturated carbocycles. The molecule has 132 valence electrons. The first-order chi connectivity index (χ1) is 11.2. The van der Waals surface area contributed by atoms with E-state index in [9.17, 15) is 4.79 Å². The molecule has 3 nitrogen and oxygen atoms in total. The summed E-state index contributed by atoms with van der Waals surface area (Å²) in [5, 5.41) is 0.896. The molecule has 0 aliphatic heterocycles. The number of thioether (sulfide) groups is 1. The summed E-state index contributed by atoms with van der Waals surface area (Å²) < 4.78 is 0.876. The number of aromatic amines is 1.